The van der Waals surface area contributed by atoms with Gasteiger partial charge in [-0.2, -0.15) is 0 Å². The summed E-state index contributed by atoms with van der Waals surface area (Å²) in [6.07, 6.45) is 3.03. The lowest BCUT2D eigenvalue weighted by Gasteiger charge is -2.25. The van der Waals surface area contributed by atoms with Crippen LogP contribution in [-0.2, 0) is 4.79 Å². The van der Waals surface area contributed by atoms with Gasteiger partial charge in [-0.1, -0.05) is 49.6 Å². The highest BCUT2D eigenvalue weighted by Crippen LogP contribution is 2.48. The van der Waals surface area contributed by atoms with Crippen molar-refractivity contribution in [1.29, 1.82) is 0 Å². The molecule has 2 atom stereocenters. The zero-order chi connectivity index (χ0) is 17.8. The van der Waals surface area contributed by atoms with E-state index in [4.69, 9.17) is 16.3 Å². The minimum atomic E-state index is -0.101. The monoisotopic (exact) mass is 375 g/mol. The number of anilines is 1. The Hall–Kier alpha value is -1.65. The van der Waals surface area contributed by atoms with Gasteiger partial charge in [0.25, 0.3) is 0 Å². The fourth-order valence-electron chi connectivity index (χ4n) is 3.02. The predicted molar refractivity (Wildman–Crippen MR) is 106 cm³/mol. The number of thioether (sulfide) groups is 1. The molecule has 2 unspecified atom stereocenters. The Morgan fingerprint density at radius 3 is 2.52 bits per heavy atom. The molecule has 0 N–H and O–H groups in total. The number of halogens is 1. The van der Waals surface area contributed by atoms with Crippen molar-refractivity contribution in [2.45, 2.75) is 36.8 Å². The quantitative estimate of drug-likeness (QED) is 0.649. The number of rotatable bonds is 6. The van der Waals surface area contributed by atoms with Gasteiger partial charge in [0.2, 0.25) is 5.91 Å². The summed E-state index contributed by atoms with van der Waals surface area (Å²) >= 11 is 8.13. The molecule has 0 aliphatic carbocycles. The summed E-state index contributed by atoms with van der Waals surface area (Å²) in [4.78, 5) is 15.0. The van der Waals surface area contributed by atoms with Crippen LogP contribution in [0, 0.1) is 0 Å². The molecular formula is C20H22ClNO2S. The van der Waals surface area contributed by atoms with E-state index in [1.165, 1.54) is 0 Å². The third-order valence-corrected chi connectivity index (χ3v) is 6.21. The van der Waals surface area contributed by atoms with Crippen LogP contribution in [0.5, 0.6) is 5.75 Å². The van der Waals surface area contributed by atoms with Gasteiger partial charge in [-0.3, -0.25) is 9.69 Å². The Morgan fingerprint density at radius 2 is 1.88 bits per heavy atom. The van der Waals surface area contributed by atoms with Gasteiger partial charge in [-0.05, 0) is 36.8 Å². The standard InChI is InChI=1S/C20H22ClNO2S/c1-3-4-9-18-19(23)22(14-10-12-15(24-2)13-11-14)20(25-18)16-7-5-6-8-17(16)21/h5-8,10-13,18,20H,3-4,9H2,1-2H3. The van der Waals surface area contributed by atoms with Crippen LogP contribution in [0.3, 0.4) is 0 Å². The van der Waals surface area contributed by atoms with Gasteiger partial charge < -0.3 is 4.74 Å². The molecule has 25 heavy (non-hydrogen) atoms. The Kier molecular flexibility index (Phi) is 5.92. The predicted octanol–water partition coefficient (Wildman–Crippen LogP) is 5.69. The number of benzene rings is 2. The number of methoxy groups -OCH3 is 1. The van der Waals surface area contributed by atoms with Crippen molar-refractivity contribution < 1.29 is 9.53 Å². The average Bonchev–Trinajstić information content (AvgIpc) is 2.96. The molecule has 1 aliphatic heterocycles. The van der Waals surface area contributed by atoms with Gasteiger partial charge >= 0.3 is 0 Å². The number of amides is 1. The molecule has 2 aromatic rings. The first-order valence-electron chi connectivity index (χ1n) is 8.52. The molecule has 3 rings (SSSR count). The molecule has 0 saturated carbocycles. The van der Waals surface area contributed by atoms with Crippen molar-refractivity contribution in [2.75, 3.05) is 12.0 Å². The van der Waals surface area contributed by atoms with Gasteiger partial charge in [0.15, 0.2) is 0 Å². The van der Waals surface area contributed by atoms with E-state index < -0.39 is 0 Å². The first kappa shape index (κ1) is 18.2. The van der Waals surface area contributed by atoms with E-state index in [1.54, 1.807) is 18.9 Å². The summed E-state index contributed by atoms with van der Waals surface area (Å²) in [6.45, 7) is 2.15. The van der Waals surface area contributed by atoms with Gasteiger partial charge in [-0.25, -0.2) is 0 Å². The van der Waals surface area contributed by atoms with E-state index >= 15 is 0 Å². The van der Waals surface area contributed by atoms with Crippen LogP contribution in [0.4, 0.5) is 5.69 Å². The maximum Gasteiger partial charge on any atom is 0.241 e. The molecule has 132 valence electrons. The maximum absolute atomic E-state index is 13.1. The highest BCUT2D eigenvalue weighted by Gasteiger charge is 2.42. The second kappa shape index (κ2) is 8.15. The number of ether oxygens (including phenoxy) is 1. The molecule has 1 heterocycles. The van der Waals surface area contributed by atoms with Crippen molar-refractivity contribution in [3.05, 3.63) is 59.1 Å². The SMILES string of the molecule is CCCCC1SC(c2ccccc2Cl)N(c2ccc(OC)cc2)C1=O. The second-order valence-corrected chi connectivity index (χ2v) is 7.74. The Labute approximate surface area is 158 Å². The number of nitrogens with zero attached hydrogens (tertiary/aromatic N) is 1. The van der Waals surface area contributed by atoms with Gasteiger partial charge in [0.1, 0.15) is 11.1 Å². The lowest BCUT2D eigenvalue weighted by atomic mass is 10.1. The molecule has 1 fully saturated rings. The summed E-state index contributed by atoms with van der Waals surface area (Å²) < 4.78 is 5.23. The zero-order valence-corrected chi connectivity index (χ0v) is 16.0. The average molecular weight is 376 g/mol. The highest BCUT2D eigenvalue weighted by molar-refractivity contribution is 8.01. The van der Waals surface area contributed by atoms with E-state index in [-0.39, 0.29) is 16.5 Å². The molecule has 1 saturated heterocycles. The van der Waals surface area contributed by atoms with Crippen molar-refractivity contribution in [2.24, 2.45) is 0 Å². The first-order valence-corrected chi connectivity index (χ1v) is 9.84. The third-order valence-electron chi connectivity index (χ3n) is 4.38. The Balaban J connectivity index is 1.97. The van der Waals surface area contributed by atoms with Crippen molar-refractivity contribution in [3.8, 4) is 5.75 Å². The van der Waals surface area contributed by atoms with Crippen LogP contribution in [-0.4, -0.2) is 18.3 Å². The van der Waals surface area contributed by atoms with E-state index in [0.717, 1.165) is 36.3 Å². The summed E-state index contributed by atoms with van der Waals surface area (Å²) in [6, 6.07) is 15.4. The van der Waals surface area contributed by atoms with Crippen LogP contribution in [0.2, 0.25) is 5.02 Å². The summed E-state index contributed by atoms with van der Waals surface area (Å²) in [5.41, 5.74) is 1.86. The molecule has 0 radical (unpaired) electrons. The normalized spacial score (nSPS) is 20.1. The molecule has 5 heteroatoms. The fraction of sp³-hybridized carbons (Fsp3) is 0.350. The number of unbranched alkanes of at least 4 members (excludes halogenated alkanes) is 1. The maximum atomic E-state index is 13.1. The van der Waals surface area contributed by atoms with Crippen LogP contribution in [0.15, 0.2) is 48.5 Å². The van der Waals surface area contributed by atoms with Gasteiger partial charge in [0, 0.05) is 16.3 Å². The molecule has 0 aromatic heterocycles. The van der Waals surface area contributed by atoms with Crippen molar-refractivity contribution in [3.63, 3.8) is 0 Å². The molecule has 1 amide bonds. The summed E-state index contributed by atoms with van der Waals surface area (Å²) in [5, 5.41) is 0.572. The van der Waals surface area contributed by atoms with Crippen LogP contribution < -0.4 is 9.64 Å². The van der Waals surface area contributed by atoms with Gasteiger partial charge in [-0.15, -0.1) is 11.8 Å². The van der Waals surface area contributed by atoms with Crippen LogP contribution >= 0.6 is 23.4 Å². The lowest BCUT2D eigenvalue weighted by Crippen LogP contribution is -2.31. The second-order valence-electron chi connectivity index (χ2n) is 6.05. The minimum Gasteiger partial charge on any atom is -0.497 e. The lowest BCUT2D eigenvalue weighted by molar-refractivity contribution is -0.117. The zero-order valence-electron chi connectivity index (χ0n) is 14.4. The molecule has 0 spiro atoms. The van der Waals surface area contributed by atoms with E-state index in [2.05, 4.69) is 6.92 Å². The number of hydrogen-bond donors (Lipinski definition) is 0. The van der Waals surface area contributed by atoms with E-state index in [9.17, 15) is 4.79 Å². The largest absolute Gasteiger partial charge is 0.497 e. The van der Waals surface area contributed by atoms with E-state index in [1.807, 2.05) is 53.4 Å². The Morgan fingerprint density at radius 1 is 1.16 bits per heavy atom. The van der Waals surface area contributed by atoms with E-state index in [0.29, 0.717) is 5.02 Å². The van der Waals surface area contributed by atoms with Crippen LogP contribution in [0.1, 0.15) is 37.1 Å². The number of hydrogen-bond acceptors (Lipinski definition) is 3. The topological polar surface area (TPSA) is 29.5 Å². The Bertz CT molecular complexity index is 735. The molecule has 3 nitrogen and oxygen atoms in total. The van der Waals surface area contributed by atoms with Crippen molar-refractivity contribution >= 4 is 35.0 Å². The molecular weight excluding hydrogens is 354 g/mol. The van der Waals surface area contributed by atoms with Gasteiger partial charge in [0.05, 0.1) is 12.4 Å². The first-order chi connectivity index (χ1) is 12.2. The smallest absolute Gasteiger partial charge is 0.241 e. The molecule has 1 aliphatic rings. The third kappa shape index (κ3) is 3.80. The highest BCUT2D eigenvalue weighted by atomic mass is 35.5. The molecule has 2 aromatic carbocycles. The molecule has 0 bridgehead atoms. The van der Waals surface area contributed by atoms with Crippen molar-refractivity contribution in [1.82, 2.24) is 0 Å². The fourth-order valence-corrected chi connectivity index (χ4v) is 4.87. The summed E-state index contributed by atoms with van der Waals surface area (Å²) in [5.74, 6) is 0.938. The van der Waals surface area contributed by atoms with Crippen LogP contribution in [0.25, 0.3) is 0 Å². The summed E-state index contributed by atoms with van der Waals surface area (Å²) in [7, 11) is 1.64. The number of carbonyl (C=O) groups excluding carboxylic acids is 1. The number of carbonyl (C=O) groups is 1. The minimum absolute atomic E-state index is 0.0247.